The van der Waals surface area contributed by atoms with Gasteiger partial charge in [-0.1, -0.05) is 47.5 Å². The fourth-order valence-corrected chi connectivity index (χ4v) is 5.43. The topological polar surface area (TPSA) is 76.9 Å². The van der Waals surface area contributed by atoms with E-state index >= 15 is 0 Å². The van der Waals surface area contributed by atoms with Gasteiger partial charge in [0.25, 0.3) is 0 Å². The van der Waals surface area contributed by atoms with Crippen LogP contribution < -0.4 is 4.72 Å². The zero-order chi connectivity index (χ0) is 22.2. The second-order valence-corrected chi connectivity index (χ2v) is 9.70. The van der Waals surface area contributed by atoms with Crippen LogP contribution in [-0.4, -0.2) is 23.0 Å². The Labute approximate surface area is 183 Å². The van der Waals surface area contributed by atoms with Gasteiger partial charge in [0.05, 0.1) is 18.0 Å². The molecule has 31 heavy (non-hydrogen) atoms. The number of sulfonamides is 1. The largest absolute Gasteiger partial charge is 0.307 e. The maximum Gasteiger partial charge on any atom is 0.241 e. The minimum absolute atomic E-state index is 0.0807. The van der Waals surface area contributed by atoms with Crippen LogP contribution in [0.5, 0.6) is 0 Å². The summed E-state index contributed by atoms with van der Waals surface area (Å²) in [5, 5.41) is 0. The highest BCUT2D eigenvalue weighted by Gasteiger charge is 2.21. The van der Waals surface area contributed by atoms with Gasteiger partial charge in [-0.3, -0.25) is 0 Å². The first kappa shape index (κ1) is 21.2. The molecular formula is C24H26N4O2S. The third kappa shape index (κ3) is 4.38. The number of nitrogens with zero attached hydrogens (tertiary/aromatic N) is 3. The first-order valence-electron chi connectivity index (χ1n) is 10.2. The summed E-state index contributed by atoms with van der Waals surface area (Å²) in [6.45, 7) is 8.30. The number of benzene rings is 2. The molecule has 7 heteroatoms. The molecule has 160 valence electrons. The molecule has 0 aliphatic carbocycles. The Hall–Kier alpha value is -3.03. The Kier molecular flexibility index (Phi) is 5.64. The summed E-state index contributed by atoms with van der Waals surface area (Å²) in [4.78, 5) is 9.47. The molecular weight excluding hydrogens is 408 g/mol. The van der Waals surface area contributed by atoms with Crippen LogP contribution in [0, 0.1) is 27.7 Å². The van der Waals surface area contributed by atoms with Gasteiger partial charge in [0, 0.05) is 6.20 Å². The van der Waals surface area contributed by atoms with Crippen molar-refractivity contribution >= 4 is 21.2 Å². The van der Waals surface area contributed by atoms with Crippen molar-refractivity contribution in [3.8, 4) is 0 Å². The van der Waals surface area contributed by atoms with Crippen molar-refractivity contribution in [2.45, 2.75) is 45.7 Å². The molecule has 2 aromatic carbocycles. The first-order chi connectivity index (χ1) is 14.7. The lowest BCUT2D eigenvalue weighted by atomic mass is 10.1. The van der Waals surface area contributed by atoms with Crippen molar-refractivity contribution < 1.29 is 8.42 Å². The van der Waals surface area contributed by atoms with Gasteiger partial charge in [0.1, 0.15) is 11.3 Å². The van der Waals surface area contributed by atoms with Gasteiger partial charge in [-0.25, -0.2) is 23.1 Å². The van der Waals surface area contributed by atoms with Crippen LogP contribution in [0.25, 0.3) is 11.2 Å². The number of nitrogens with one attached hydrogen (secondary N) is 1. The molecule has 2 aromatic heterocycles. The average Bonchev–Trinajstić information content (AvgIpc) is 3.05. The summed E-state index contributed by atoms with van der Waals surface area (Å²) in [6, 6.07) is 15.8. The van der Waals surface area contributed by atoms with Gasteiger partial charge in [-0.15, -0.1) is 0 Å². The van der Waals surface area contributed by atoms with Gasteiger partial charge < -0.3 is 4.57 Å². The van der Waals surface area contributed by atoms with Crippen molar-refractivity contribution in [1.29, 1.82) is 0 Å². The monoisotopic (exact) mass is 434 g/mol. The number of rotatable bonds is 6. The standard InChI is InChI=1S/C24H26N4O2S/c1-16-7-9-20(10-8-16)15-28-22(27-21-6-5-11-25-24(21)28)14-26-31(29,30)23-18(3)12-17(2)13-19(23)4/h5-13,26H,14-15H2,1-4H3. The van der Waals surface area contributed by atoms with Crippen LogP contribution in [0.1, 0.15) is 33.6 Å². The number of hydrogen-bond donors (Lipinski definition) is 1. The molecule has 0 atom stereocenters. The zero-order valence-corrected chi connectivity index (χ0v) is 19.0. The Bertz CT molecular complexity index is 1330. The third-order valence-electron chi connectivity index (χ3n) is 5.34. The molecule has 2 heterocycles. The second-order valence-electron chi connectivity index (χ2n) is 8.00. The smallest absolute Gasteiger partial charge is 0.241 e. The number of fused-ring (bicyclic) bond motifs is 1. The van der Waals surface area contributed by atoms with Gasteiger partial charge in [0.2, 0.25) is 10.0 Å². The highest BCUT2D eigenvalue weighted by Crippen LogP contribution is 2.22. The number of imidazole rings is 1. The van der Waals surface area contributed by atoms with Crippen molar-refractivity contribution in [1.82, 2.24) is 19.3 Å². The summed E-state index contributed by atoms with van der Waals surface area (Å²) in [6.07, 6.45) is 1.72. The van der Waals surface area contributed by atoms with Gasteiger partial charge in [0.15, 0.2) is 5.65 Å². The SMILES string of the molecule is Cc1ccc(Cn2c(CNS(=O)(=O)c3c(C)cc(C)cc3C)nc3cccnc32)cc1. The van der Waals surface area contributed by atoms with E-state index in [0.717, 1.165) is 33.4 Å². The number of aryl methyl sites for hydroxylation is 4. The predicted octanol–water partition coefficient (Wildman–Crippen LogP) is 4.19. The molecule has 0 saturated carbocycles. The molecule has 6 nitrogen and oxygen atoms in total. The Morgan fingerprint density at radius 2 is 1.61 bits per heavy atom. The number of aromatic nitrogens is 3. The van der Waals surface area contributed by atoms with Crippen LogP contribution in [0.4, 0.5) is 0 Å². The molecule has 0 unspecified atom stereocenters. The van der Waals surface area contributed by atoms with Gasteiger partial charge in [-0.2, -0.15) is 0 Å². The molecule has 0 amide bonds. The number of hydrogen-bond acceptors (Lipinski definition) is 4. The van der Waals surface area contributed by atoms with Crippen molar-refractivity contribution in [2.24, 2.45) is 0 Å². The molecule has 0 aliphatic rings. The van der Waals surface area contributed by atoms with Crippen molar-refractivity contribution in [2.75, 3.05) is 0 Å². The average molecular weight is 435 g/mol. The van der Waals surface area contributed by atoms with Crippen molar-refractivity contribution in [3.63, 3.8) is 0 Å². The molecule has 4 rings (SSSR count). The van der Waals surface area contributed by atoms with E-state index in [1.54, 1.807) is 6.20 Å². The number of pyridine rings is 1. The molecule has 0 saturated heterocycles. The Morgan fingerprint density at radius 3 is 2.29 bits per heavy atom. The molecule has 0 bridgehead atoms. The van der Waals surface area contributed by atoms with Crippen LogP contribution >= 0.6 is 0 Å². The Morgan fingerprint density at radius 1 is 0.935 bits per heavy atom. The predicted molar refractivity (Wildman–Crippen MR) is 122 cm³/mol. The molecule has 0 aliphatic heterocycles. The minimum atomic E-state index is -3.69. The first-order valence-corrected chi connectivity index (χ1v) is 11.7. The molecule has 0 radical (unpaired) electrons. The van der Waals surface area contributed by atoms with Crippen LogP contribution in [0.2, 0.25) is 0 Å². The molecule has 4 aromatic rings. The highest BCUT2D eigenvalue weighted by molar-refractivity contribution is 7.89. The molecule has 1 N–H and O–H groups in total. The summed E-state index contributed by atoms with van der Waals surface area (Å²) in [7, 11) is -3.69. The van der Waals surface area contributed by atoms with Crippen molar-refractivity contribution in [3.05, 3.63) is 88.4 Å². The Balaban J connectivity index is 1.68. The normalized spacial score (nSPS) is 11.9. The van der Waals surface area contributed by atoms with E-state index in [-0.39, 0.29) is 6.54 Å². The summed E-state index contributed by atoms with van der Waals surface area (Å²) < 4.78 is 31.0. The van der Waals surface area contributed by atoms with E-state index in [1.165, 1.54) is 5.56 Å². The van der Waals surface area contributed by atoms with Crippen LogP contribution in [0.15, 0.2) is 59.6 Å². The lowest BCUT2D eigenvalue weighted by Crippen LogP contribution is -2.26. The summed E-state index contributed by atoms with van der Waals surface area (Å²) in [5.74, 6) is 0.625. The quantitative estimate of drug-likeness (QED) is 0.494. The fraction of sp³-hybridized carbons (Fsp3) is 0.250. The highest BCUT2D eigenvalue weighted by atomic mass is 32.2. The van der Waals surface area contributed by atoms with Gasteiger partial charge >= 0.3 is 0 Å². The lowest BCUT2D eigenvalue weighted by Gasteiger charge is -2.14. The van der Waals surface area contributed by atoms with E-state index in [0.29, 0.717) is 17.3 Å². The van der Waals surface area contributed by atoms with E-state index in [9.17, 15) is 8.42 Å². The third-order valence-corrected chi connectivity index (χ3v) is 7.04. The minimum Gasteiger partial charge on any atom is -0.307 e. The lowest BCUT2D eigenvalue weighted by molar-refractivity contribution is 0.575. The zero-order valence-electron chi connectivity index (χ0n) is 18.2. The summed E-state index contributed by atoms with van der Waals surface area (Å²) in [5.41, 5.74) is 6.28. The van der Waals surface area contributed by atoms with Crippen LogP contribution in [0.3, 0.4) is 0 Å². The second kappa shape index (κ2) is 8.24. The maximum atomic E-state index is 13.1. The van der Waals surface area contributed by atoms with E-state index < -0.39 is 10.0 Å². The van der Waals surface area contributed by atoms with E-state index in [1.807, 2.05) is 56.5 Å². The van der Waals surface area contributed by atoms with Gasteiger partial charge in [-0.05, 0) is 56.5 Å². The fourth-order valence-electron chi connectivity index (χ4n) is 4.00. The van der Waals surface area contributed by atoms with E-state index in [4.69, 9.17) is 0 Å². The molecule has 0 spiro atoms. The van der Waals surface area contributed by atoms with E-state index in [2.05, 4.69) is 39.0 Å². The molecule has 0 fully saturated rings. The summed E-state index contributed by atoms with van der Waals surface area (Å²) >= 11 is 0. The van der Waals surface area contributed by atoms with Crippen LogP contribution in [-0.2, 0) is 23.1 Å². The maximum absolute atomic E-state index is 13.1.